The monoisotopic (exact) mass is 199 g/mol. The summed E-state index contributed by atoms with van der Waals surface area (Å²) in [6.07, 6.45) is 0. The Morgan fingerprint density at radius 1 is 1.23 bits per heavy atom. The lowest BCUT2D eigenvalue weighted by molar-refractivity contribution is 0.868. The molecular weight excluding hydrogens is 186 g/mol. The number of rotatable bonds is 2. The molecule has 0 aliphatic rings. The Kier molecular flexibility index (Phi) is 3.09. The second kappa shape index (κ2) is 3.92. The Bertz CT molecular complexity index is 287. The van der Waals surface area contributed by atoms with E-state index in [0.29, 0.717) is 17.1 Å². The first-order chi connectivity index (χ1) is 6.00. The number of halogens is 1. The molecule has 1 heterocycles. The molecule has 1 aromatic rings. The smallest absolute Gasteiger partial charge is 0.224 e. The van der Waals surface area contributed by atoms with Gasteiger partial charge in [0.05, 0.1) is 0 Å². The Morgan fingerprint density at radius 3 is 2.31 bits per heavy atom. The zero-order chi connectivity index (χ0) is 10.0. The molecule has 4 heteroatoms. The van der Waals surface area contributed by atoms with E-state index < -0.39 is 0 Å². The van der Waals surface area contributed by atoms with Gasteiger partial charge in [-0.25, -0.2) is 9.97 Å². The Labute approximate surface area is 83.5 Å². The predicted octanol–water partition coefficient (Wildman–Crippen LogP) is 2.57. The molecule has 0 saturated carbocycles. The van der Waals surface area contributed by atoms with Gasteiger partial charge in [-0.2, -0.15) is 0 Å². The molecule has 0 fully saturated rings. The van der Waals surface area contributed by atoms with Crippen molar-refractivity contribution in [1.82, 2.24) is 9.97 Å². The van der Waals surface area contributed by atoms with Gasteiger partial charge in [0.2, 0.25) is 5.95 Å². The summed E-state index contributed by atoms with van der Waals surface area (Å²) < 4.78 is 0. The average Bonchev–Trinajstić information content (AvgIpc) is 1.98. The van der Waals surface area contributed by atoms with Crippen LogP contribution < -0.4 is 5.32 Å². The third kappa shape index (κ3) is 2.56. The van der Waals surface area contributed by atoms with Crippen molar-refractivity contribution in [2.75, 3.05) is 5.32 Å². The summed E-state index contributed by atoms with van der Waals surface area (Å²) in [5.74, 6) is 0.600. The van der Waals surface area contributed by atoms with Gasteiger partial charge in [-0.3, -0.25) is 0 Å². The Balaban J connectivity index is 2.99. The number of anilines is 1. The number of hydrogen-bond donors (Lipinski definition) is 1. The van der Waals surface area contributed by atoms with E-state index in [4.69, 9.17) is 11.6 Å². The first-order valence-electron chi connectivity index (χ1n) is 4.28. The minimum atomic E-state index is 0.318. The molecule has 0 bridgehead atoms. The van der Waals surface area contributed by atoms with Crippen molar-refractivity contribution in [2.24, 2.45) is 0 Å². The van der Waals surface area contributed by atoms with Crippen molar-refractivity contribution >= 4 is 17.5 Å². The first kappa shape index (κ1) is 10.3. The van der Waals surface area contributed by atoms with Crippen LogP contribution in [0.25, 0.3) is 0 Å². The maximum Gasteiger partial charge on any atom is 0.224 e. The third-order valence-corrected chi connectivity index (χ3v) is 2.12. The third-order valence-electron chi connectivity index (χ3n) is 1.75. The highest BCUT2D eigenvalue weighted by molar-refractivity contribution is 6.30. The maximum absolute atomic E-state index is 5.91. The predicted molar refractivity (Wildman–Crippen MR) is 55.3 cm³/mol. The number of aromatic nitrogens is 2. The van der Waals surface area contributed by atoms with E-state index in [0.717, 1.165) is 11.3 Å². The van der Waals surface area contributed by atoms with E-state index in [1.165, 1.54) is 0 Å². The molecule has 1 aromatic heterocycles. The molecule has 0 radical (unpaired) electrons. The molecule has 72 valence electrons. The molecular formula is C9H14ClN3. The summed E-state index contributed by atoms with van der Waals surface area (Å²) in [7, 11) is 0. The fraction of sp³-hybridized carbons (Fsp3) is 0.556. The van der Waals surface area contributed by atoms with Gasteiger partial charge in [0.25, 0.3) is 0 Å². The van der Waals surface area contributed by atoms with Crippen molar-refractivity contribution in [2.45, 2.75) is 33.7 Å². The lowest BCUT2D eigenvalue weighted by Crippen LogP contribution is -2.13. The summed E-state index contributed by atoms with van der Waals surface area (Å²) in [5.41, 5.74) is 1.86. The van der Waals surface area contributed by atoms with Crippen LogP contribution in [0.1, 0.15) is 25.1 Å². The van der Waals surface area contributed by atoms with Crippen LogP contribution in [0.4, 0.5) is 5.95 Å². The maximum atomic E-state index is 5.91. The summed E-state index contributed by atoms with van der Waals surface area (Å²) >= 11 is 5.91. The molecule has 0 spiro atoms. The van der Waals surface area contributed by atoms with Crippen LogP contribution in [0.3, 0.4) is 0 Å². The average molecular weight is 200 g/mol. The minimum absolute atomic E-state index is 0.318. The van der Waals surface area contributed by atoms with Crippen LogP contribution in [0, 0.1) is 13.8 Å². The Morgan fingerprint density at radius 2 is 1.85 bits per heavy atom. The zero-order valence-electron chi connectivity index (χ0n) is 8.35. The van der Waals surface area contributed by atoms with Crippen LogP contribution in [-0.4, -0.2) is 16.0 Å². The highest BCUT2D eigenvalue weighted by Crippen LogP contribution is 2.16. The van der Waals surface area contributed by atoms with E-state index in [9.17, 15) is 0 Å². The summed E-state index contributed by atoms with van der Waals surface area (Å²) in [6, 6.07) is 0.318. The topological polar surface area (TPSA) is 37.8 Å². The molecule has 0 atom stereocenters. The molecule has 0 saturated heterocycles. The number of nitrogens with zero attached hydrogens (tertiary/aromatic N) is 2. The summed E-state index contributed by atoms with van der Waals surface area (Å²) in [5, 5.41) is 3.63. The summed E-state index contributed by atoms with van der Waals surface area (Å²) in [4.78, 5) is 8.38. The molecule has 13 heavy (non-hydrogen) atoms. The highest BCUT2D eigenvalue weighted by Gasteiger charge is 2.05. The lowest BCUT2D eigenvalue weighted by atomic mass is 10.3. The molecule has 0 aliphatic heterocycles. The van der Waals surface area contributed by atoms with Crippen LogP contribution in [0.2, 0.25) is 5.15 Å². The second-order valence-electron chi connectivity index (χ2n) is 3.35. The van der Waals surface area contributed by atoms with Crippen LogP contribution >= 0.6 is 11.6 Å². The minimum Gasteiger partial charge on any atom is -0.352 e. The van der Waals surface area contributed by atoms with E-state index in [-0.39, 0.29) is 0 Å². The first-order valence-corrected chi connectivity index (χ1v) is 4.65. The van der Waals surface area contributed by atoms with Gasteiger partial charge in [-0.15, -0.1) is 0 Å². The van der Waals surface area contributed by atoms with Crippen molar-refractivity contribution < 1.29 is 0 Å². The van der Waals surface area contributed by atoms with Crippen LogP contribution in [0.15, 0.2) is 0 Å². The molecule has 0 aromatic carbocycles. The molecule has 1 N–H and O–H groups in total. The quantitative estimate of drug-likeness (QED) is 0.744. The SMILES string of the molecule is Cc1nc(NC(C)C)nc(Cl)c1C. The second-order valence-corrected chi connectivity index (χ2v) is 3.71. The molecule has 1 rings (SSSR count). The molecule has 0 amide bonds. The fourth-order valence-electron chi connectivity index (χ4n) is 0.917. The number of hydrogen-bond acceptors (Lipinski definition) is 3. The summed E-state index contributed by atoms with van der Waals surface area (Å²) in [6.45, 7) is 7.91. The van der Waals surface area contributed by atoms with Gasteiger partial charge in [0.1, 0.15) is 5.15 Å². The molecule has 0 unspecified atom stereocenters. The van der Waals surface area contributed by atoms with Crippen LogP contribution in [-0.2, 0) is 0 Å². The van der Waals surface area contributed by atoms with E-state index in [1.54, 1.807) is 0 Å². The fourth-order valence-corrected chi connectivity index (χ4v) is 1.13. The number of nitrogens with one attached hydrogen (secondary N) is 1. The van der Waals surface area contributed by atoms with Gasteiger partial charge in [0.15, 0.2) is 0 Å². The largest absolute Gasteiger partial charge is 0.352 e. The number of aryl methyl sites for hydroxylation is 1. The molecule has 0 aliphatic carbocycles. The highest BCUT2D eigenvalue weighted by atomic mass is 35.5. The van der Waals surface area contributed by atoms with Crippen molar-refractivity contribution in [3.8, 4) is 0 Å². The van der Waals surface area contributed by atoms with Gasteiger partial charge in [-0.05, 0) is 27.7 Å². The van der Waals surface area contributed by atoms with Gasteiger partial charge in [0, 0.05) is 17.3 Å². The van der Waals surface area contributed by atoms with E-state index in [2.05, 4.69) is 15.3 Å². The molecule has 3 nitrogen and oxygen atoms in total. The van der Waals surface area contributed by atoms with Crippen molar-refractivity contribution in [3.05, 3.63) is 16.4 Å². The normalized spacial score (nSPS) is 10.6. The van der Waals surface area contributed by atoms with Crippen LogP contribution in [0.5, 0.6) is 0 Å². The van der Waals surface area contributed by atoms with Gasteiger partial charge in [-0.1, -0.05) is 11.6 Å². The van der Waals surface area contributed by atoms with Crippen molar-refractivity contribution in [3.63, 3.8) is 0 Å². The van der Waals surface area contributed by atoms with Gasteiger partial charge < -0.3 is 5.32 Å². The van der Waals surface area contributed by atoms with E-state index in [1.807, 2.05) is 27.7 Å². The zero-order valence-corrected chi connectivity index (χ0v) is 9.11. The van der Waals surface area contributed by atoms with Crippen molar-refractivity contribution in [1.29, 1.82) is 0 Å². The standard InChI is InChI=1S/C9H14ClN3/c1-5(2)11-9-12-7(4)6(3)8(10)13-9/h5H,1-4H3,(H,11,12,13). The lowest BCUT2D eigenvalue weighted by Gasteiger charge is -2.10. The van der Waals surface area contributed by atoms with Gasteiger partial charge >= 0.3 is 0 Å². The Hall–Kier alpha value is -0.830. The van der Waals surface area contributed by atoms with E-state index >= 15 is 0 Å².